The van der Waals surface area contributed by atoms with Gasteiger partial charge in [0.05, 0.1) is 6.61 Å². The molecule has 0 atom stereocenters. The van der Waals surface area contributed by atoms with Gasteiger partial charge in [-0.2, -0.15) is 0 Å². The van der Waals surface area contributed by atoms with Gasteiger partial charge in [-0.3, -0.25) is 4.79 Å². The van der Waals surface area contributed by atoms with Crippen molar-refractivity contribution in [1.82, 2.24) is 0 Å². The van der Waals surface area contributed by atoms with E-state index in [1.165, 1.54) is 5.56 Å². The fourth-order valence-corrected chi connectivity index (χ4v) is 2.86. The minimum atomic E-state index is -0.239. The summed E-state index contributed by atoms with van der Waals surface area (Å²) in [5, 5.41) is 3.89. The average Bonchev–Trinajstić information content (AvgIpc) is 2.99. The van der Waals surface area contributed by atoms with Crippen molar-refractivity contribution in [3.63, 3.8) is 0 Å². The Kier molecular flexibility index (Phi) is 5.61. The summed E-state index contributed by atoms with van der Waals surface area (Å²) in [5.41, 5.74) is 3.55. The highest BCUT2D eigenvalue weighted by atomic mass is 16.5. The maximum Gasteiger partial charge on any atom is 0.291 e. The van der Waals surface area contributed by atoms with Crippen molar-refractivity contribution in [3.8, 4) is 5.75 Å². The van der Waals surface area contributed by atoms with Gasteiger partial charge in [-0.05, 0) is 61.7 Å². The number of anilines is 1. The van der Waals surface area contributed by atoms with Gasteiger partial charge in [-0.25, -0.2) is 0 Å². The summed E-state index contributed by atoms with van der Waals surface area (Å²) in [5.74, 6) is 0.927. The summed E-state index contributed by atoms with van der Waals surface area (Å²) in [6.45, 7) is 6.87. The van der Waals surface area contributed by atoms with Gasteiger partial charge in [0.15, 0.2) is 5.76 Å². The molecule has 1 N–H and O–H groups in total. The van der Waals surface area contributed by atoms with Crippen LogP contribution in [0.5, 0.6) is 5.75 Å². The summed E-state index contributed by atoms with van der Waals surface area (Å²) in [6, 6.07) is 13.5. The van der Waals surface area contributed by atoms with Gasteiger partial charge < -0.3 is 14.5 Å². The lowest BCUT2D eigenvalue weighted by Crippen LogP contribution is -2.12. The van der Waals surface area contributed by atoms with Gasteiger partial charge in [-0.1, -0.05) is 26.3 Å². The van der Waals surface area contributed by atoms with E-state index >= 15 is 0 Å². The molecule has 0 radical (unpaired) electrons. The number of benzene rings is 2. The van der Waals surface area contributed by atoms with Crippen LogP contribution in [0.3, 0.4) is 0 Å². The number of furan rings is 1. The second kappa shape index (κ2) is 8.09. The first kappa shape index (κ1) is 18.1. The van der Waals surface area contributed by atoms with Crippen LogP contribution in [0.1, 0.15) is 48.4 Å². The third-order valence-electron chi connectivity index (χ3n) is 4.49. The third-order valence-corrected chi connectivity index (χ3v) is 4.49. The average molecular weight is 351 g/mol. The first-order valence-corrected chi connectivity index (χ1v) is 9.18. The number of unbranched alkanes of at least 4 members (excludes halogenated alkanes) is 1. The quantitative estimate of drug-likeness (QED) is 0.553. The molecule has 0 saturated heterocycles. The number of hydrogen-bond acceptors (Lipinski definition) is 3. The zero-order valence-electron chi connectivity index (χ0n) is 15.6. The topological polar surface area (TPSA) is 51.5 Å². The fourth-order valence-electron chi connectivity index (χ4n) is 2.86. The van der Waals surface area contributed by atoms with Gasteiger partial charge >= 0.3 is 0 Å². The molecule has 1 aromatic heterocycles. The van der Waals surface area contributed by atoms with Crippen LogP contribution in [0.15, 0.2) is 46.9 Å². The molecule has 0 spiro atoms. The highest BCUT2D eigenvalue weighted by Crippen LogP contribution is 2.27. The van der Waals surface area contributed by atoms with E-state index in [-0.39, 0.29) is 5.91 Å². The number of fused-ring (bicyclic) bond motifs is 1. The molecular weight excluding hydrogens is 326 g/mol. The van der Waals surface area contributed by atoms with Crippen LogP contribution in [0, 0.1) is 6.92 Å². The summed E-state index contributed by atoms with van der Waals surface area (Å²) < 4.78 is 11.4. The predicted octanol–water partition coefficient (Wildman–Crippen LogP) is 5.73. The van der Waals surface area contributed by atoms with Gasteiger partial charge in [0.2, 0.25) is 0 Å². The normalized spacial score (nSPS) is 10.9. The molecule has 2 aromatic carbocycles. The van der Waals surface area contributed by atoms with Gasteiger partial charge in [-0.15, -0.1) is 0 Å². The van der Waals surface area contributed by atoms with E-state index in [0.29, 0.717) is 18.1 Å². The number of hydrogen-bond donors (Lipinski definition) is 1. The first-order chi connectivity index (χ1) is 12.6. The Morgan fingerprint density at radius 3 is 2.58 bits per heavy atom. The maximum atomic E-state index is 12.6. The van der Waals surface area contributed by atoms with Gasteiger partial charge in [0, 0.05) is 16.6 Å². The molecular formula is C22H25NO3. The van der Waals surface area contributed by atoms with Crippen LogP contribution in [0.4, 0.5) is 5.69 Å². The lowest BCUT2D eigenvalue weighted by atomic mass is 10.1. The molecule has 26 heavy (non-hydrogen) atoms. The number of carbonyl (C=O) groups is 1. The Morgan fingerprint density at radius 1 is 1.12 bits per heavy atom. The monoisotopic (exact) mass is 351 g/mol. The maximum absolute atomic E-state index is 12.6. The minimum absolute atomic E-state index is 0.239. The molecule has 1 amide bonds. The molecule has 0 aliphatic rings. The minimum Gasteiger partial charge on any atom is -0.494 e. The van der Waals surface area contributed by atoms with Crippen molar-refractivity contribution in [2.75, 3.05) is 11.9 Å². The number of ether oxygens (including phenoxy) is 1. The third kappa shape index (κ3) is 3.90. The van der Waals surface area contributed by atoms with Crippen molar-refractivity contribution in [2.45, 2.75) is 40.0 Å². The van der Waals surface area contributed by atoms with E-state index in [4.69, 9.17) is 9.15 Å². The van der Waals surface area contributed by atoms with E-state index in [9.17, 15) is 4.79 Å². The van der Waals surface area contributed by atoms with E-state index in [2.05, 4.69) is 25.2 Å². The molecule has 4 heteroatoms. The van der Waals surface area contributed by atoms with Crippen LogP contribution in [-0.4, -0.2) is 12.5 Å². The molecule has 4 nitrogen and oxygen atoms in total. The number of amides is 1. The first-order valence-electron chi connectivity index (χ1n) is 9.18. The largest absolute Gasteiger partial charge is 0.494 e. The van der Waals surface area contributed by atoms with E-state index in [0.717, 1.165) is 41.5 Å². The van der Waals surface area contributed by atoms with E-state index in [1.807, 2.05) is 43.3 Å². The van der Waals surface area contributed by atoms with Crippen molar-refractivity contribution >= 4 is 22.6 Å². The zero-order chi connectivity index (χ0) is 18.5. The highest BCUT2D eigenvalue weighted by molar-refractivity contribution is 6.06. The summed E-state index contributed by atoms with van der Waals surface area (Å²) >= 11 is 0. The lowest BCUT2D eigenvalue weighted by Gasteiger charge is -2.07. The van der Waals surface area contributed by atoms with Crippen LogP contribution in [0.25, 0.3) is 11.0 Å². The Hall–Kier alpha value is -2.75. The number of rotatable bonds is 7. The molecule has 0 aliphatic carbocycles. The van der Waals surface area contributed by atoms with Crippen LogP contribution in [0.2, 0.25) is 0 Å². The molecule has 3 aromatic rings. The van der Waals surface area contributed by atoms with Gasteiger partial charge in [0.25, 0.3) is 5.91 Å². The van der Waals surface area contributed by atoms with E-state index < -0.39 is 0 Å². The molecule has 0 bridgehead atoms. The molecule has 0 unspecified atom stereocenters. The number of carbonyl (C=O) groups excluding carboxylic acids is 1. The molecule has 136 valence electrons. The molecule has 3 rings (SSSR count). The van der Waals surface area contributed by atoms with Crippen LogP contribution in [-0.2, 0) is 6.42 Å². The summed E-state index contributed by atoms with van der Waals surface area (Å²) in [6.07, 6.45) is 3.09. The lowest BCUT2D eigenvalue weighted by molar-refractivity contribution is 0.0998. The predicted molar refractivity (Wildman–Crippen MR) is 105 cm³/mol. The van der Waals surface area contributed by atoms with Crippen molar-refractivity contribution in [2.24, 2.45) is 0 Å². The SMILES string of the molecule is CCCCOc1ccc(NC(=O)c2oc3ccc(CC)cc3c2C)cc1. The Balaban J connectivity index is 1.73. The Bertz CT molecular complexity index is 894. The van der Waals surface area contributed by atoms with Crippen LogP contribution >= 0.6 is 0 Å². The fraction of sp³-hybridized carbons (Fsp3) is 0.318. The van der Waals surface area contributed by atoms with Gasteiger partial charge in [0.1, 0.15) is 11.3 Å². The zero-order valence-corrected chi connectivity index (χ0v) is 15.6. The Morgan fingerprint density at radius 2 is 1.88 bits per heavy atom. The summed E-state index contributed by atoms with van der Waals surface area (Å²) in [7, 11) is 0. The standard InChI is InChI=1S/C22H25NO3/c1-4-6-13-25-18-10-8-17(9-11-18)23-22(24)21-15(3)19-14-16(5-2)7-12-20(19)26-21/h7-12,14H,4-6,13H2,1-3H3,(H,23,24). The molecule has 0 saturated carbocycles. The highest BCUT2D eigenvalue weighted by Gasteiger charge is 2.18. The van der Waals surface area contributed by atoms with Crippen molar-refractivity contribution in [3.05, 3.63) is 59.4 Å². The second-order valence-corrected chi connectivity index (χ2v) is 6.42. The molecule has 0 aliphatic heterocycles. The molecule has 1 heterocycles. The van der Waals surface area contributed by atoms with E-state index in [1.54, 1.807) is 0 Å². The molecule has 0 fully saturated rings. The Labute approximate surface area is 154 Å². The summed E-state index contributed by atoms with van der Waals surface area (Å²) in [4.78, 5) is 12.6. The number of nitrogens with one attached hydrogen (secondary N) is 1. The van der Waals surface area contributed by atoms with Crippen molar-refractivity contribution in [1.29, 1.82) is 0 Å². The van der Waals surface area contributed by atoms with Crippen LogP contribution < -0.4 is 10.1 Å². The second-order valence-electron chi connectivity index (χ2n) is 6.42. The van der Waals surface area contributed by atoms with Crippen molar-refractivity contribution < 1.29 is 13.9 Å². The smallest absolute Gasteiger partial charge is 0.291 e. The number of aryl methyl sites for hydroxylation is 2.